The largest absolute Gasteiger partial charge is 0.344 e. The highest BCUT2D eigenvalue weighted by atomic mass is 16.7. The molecular weight excluding hydrogens is 288 g/mol. The SMILES string of the molecule is C[C@]12CC[C@H]3[C@@H](C=CC4=CC5(CC[C@@H]43)OCCO5)[C@@H]1CCC2=O. The van der Waals surface area contributed by atoms with Gasteiger partial charge in [0, 0.05) is 18.3 Å². The van der Waals surface area contributed by atoms with Crippen LogP contribution in [-0.2, 0) is 14.3 Å². The normalized spacial score (nSPS) is 47.2. The highest BCUT2D eigenvalue weighted by Gasteiger charge is 2.55. The van der Waals surface area contributed by atoms with Crippen LogP contribution in [0.3, 0.4) is 0 Å². The summed E-state index contributed by atoms with van der Waals surface area (Å²) in [7, 11) is 0. The molecule has 0 N–H and O–H groups in total. The van der Waals surface area contributed by atoms with E-state index in [1.165, 1.54) is 12.0 Å². The average Bonchev–Trinajstić information content (AvgIpc) is 3.12. The third kappa shape index (κ3) is 1.93. The molecule has 0 aromatic rings. The number of hydrogen-bond donors (Lipinski definition) is 0. The van der Waals surface area contributed by atoms with Crippen molar-refractivity contribution < 1.29 is 14.3 Å². The molecule has 5 rings (SSSR count). The number of rotatable bonds is 0. The van der Waals surface area contributed by atoms with E-state index in [2.05, 4.69) is 25.2 Å². The molecule has 3 fully saturated rings. The number of carbonyl (C=O) groups excluding carboxylic acids is 1. The van der Waals surface area contributed by atoms with Gasteiger partial charge in [0.15, 0.2) is 5.79 Å². The summed E-state index contributed by atoms with van der Waals surface area (Å²) in [6.07, 6.45) is 13.3. The molecule has 0 unspecified atom stereocenters. The van der Waals surface area contributed by atoms with Gasteiger partial charge in [0.1, 0.15) is 5.78 Å². The number of allylic oxidation sites excluding steroid dienone is 3. The van der Waals surface area contributed by atoms with E-state index in [-0.39, 0.29) is 5.41 Å². The van der Waals surface area contributed by atoms with Crippen LogP contribution in [0.15, 0.2) is 23.8 Å². The fraction of sp³-hybridized carbons (Fsp3) is 0.750. The van der Waals surface area contributed by atoms with E-state index < -0.39 is 5.79 Å². The quantitative estimate of drug-likeness (QED) is 0.685. The first kappa shape index (κ1) is 14.4. The van der Waals surface area contributed by atoms with Crippen LogP contribution in [0.4, 0.5) is 0 Å². The molecule has 3 nitrogen and oxygen atoms in total. The lowest BCUT2D eigenvalue weighted by Crippen LogP contribution is -2.46. The summed E-state index contributed by atoms with van der Waals surface area (Å²) in [5, 5.41) is 0. The van der Waals surface area contributed by atoms with Crippen molar-refractivity contribution in [3.8, 4) is 0 Å². The van der Waals surface area contributed by atoms with E-state index in [1.807, 2.05) is 0 Å². The molecule has 2 saturated carbocycles. The molecule has 1 aliphatic heterocycles. The predicted molar refractivity (Wildman–Crippen MR) is 86.6 cm³/mol. The van der Waals surface area contributed by atoms with Crippen LogP contribution in [0.1, 0.15) is 45.4 Å². The molecule has 1 spiro atoms. The summed E-state index contributed by atoms with van der Waals surface area (Å²) >= 11 is 0. The number of ether oxygens (including phenoxy) is 2. The number of fused-ring (bicyclic) bond motifs is 5. The van der Waals surface area contributed by atoms with Crippen LogP contribution in [-0.4, -0.2) is 24.8 Å². The molecule has 4 aliphatic carbocycles. The van der Waals surface area contributed by atoms with E-state index in [4.69, 9.17) is 9.47 Å². The van der Waals surface area contributed by atoms with E-state index in [1.54, 1.807) is 0 Å². The molecule has 1 heterocycles. The van der Waals surface area contributed by atoms with Gasteiger partial charge >= 0.3 is 0 Å². The van der Waals surface area contributed by atoms with Crippen molar-refractivity contribution in [3.05, 3.63) is 23.8 Å². The van der Waals surface area contributed by atoms with Crippen LogP contribution in [0.2, 0.25) is 0 Å². The van der Waals surface area contributed by atoms with Crippen molar-refractivity contribution in [2.24, 2.45) is 29.1 Å². The van der Waals surface area contributed by atoms with Crippen molar-refractivity contribution in [2.75, 3.05) is 13.2 Å². The molecule has 5 atom stereocenters. The Morgan fingerprint density at radius 2 is 1.96 bits per heavy atom. The van der Waals surface area contributed by atoms with E-state index in [0.29, 0.717) is 42.7 Å². The number of Topliss-reactive ketones (excluding diaryl/α,β-unsaturated/α-hetero) is 1. The van der Waals surface area contributed by atoms with Gasteiger partial charge < -0.3 is 9.47 Å². The molecular formula is C20H26O3. The highest BCUT2D eigenvalue weighted by Crippen LogP contribution is 2.59. The van der Waals surface area contributed by atoms with Gasteiger partial charge in [-0.2, -0.15) is 0 Å². The lowest BCUT2D eigenvalue weighted by molar-refractivity contribution is -0.134. The van der Waals surface area contributed by atoms with Crippen LogP contribution < -0.4 is 0 Å². The Bertz CT molecular complexity index is 598. The van der Waals surface area contributed by atoms with Crippen LogP contribution in [0, 0.1) is 29.1 Å². The molecule has 0 radical (unpaired) electrons. The first-order valence-corrected chi connectivity index (χ1v) is 9.34. The smallest absolute Gasteiger partial charge is 0.188 e. The van der Waals surface area contributed by atoms with Crippen molar-refractivity contribution in [1.29, 1.82) is 0 Å². The average molecular weight is 314 g/mol. The van der Waals surface area contributed by atoms with Gasteiger partial charge in [-0.25, -0.2) is 0 Å². The van der Waals surface area contributed by atoms with Crippen LogP contribution in [0.5, 0.6) is 0 Å². The zero-order valence-corrected chi connectivity index (χ0v) is 13.9. The first-order valence-electron chi connectivity index (χ1n) is 9.34. The third-order valence-corrected chi connectivity index (χ3v) is 7.52. The summed E-state index contributed by atoms with van der Waals surface area (Å²) in [6.45, 7) is 3.66. The Balaban J connectivity index is 1.49. The molecule has 5 aliphatic rings. The fourth-order valence-corrected chi connectivity index (χ4v) is 6.25. The predicted octanol–water partition coefficient (Wildman–Crippen LogP) is 3.65. The summed E-state index contributed by atoms with van der Waals surface area (Å²) in [5.74, 6) is 2.61. The monoisotopic (exact) mass is 314 g/mol. The summed E-state index contributed by atoms with van der Waals surface area (Å²) in [6, 6.07) is 0. The second-order valence-corrected chi connectivity index (χ2v) is 8.42. The van der Waals surface area contributed by atoms with Gasteiger partial charge in [0.2, 0.25) is 0 Å². The van der Waals surface area contributed by atoms with Crippen molar-refractivity contribution in [2.45, 2.75) is 51.2 Å². The van der Waals surface area contributed by atoms with Gasteiger partial charge in [-0.05, 0) is 61.0 Å². The third-order valence-electron chi connectivity index (χ3n) is 7.52. The second-order valence-electron chi connectivity index (χ2n) is 8.42. The maximum absolute atomic E-state index is 12.4. The highest BCUT2D eigenvalue weighted by molar-refractivity contribution is 5.87. The lowest BCUT2D eigenvalue weighted by atomic mass is 9.54. The molecule has 1 saturated heterocycles. The Morgan fingerprint density at radius 1 is 1.13 bits per heavy atom. The Labute approximate surface area is 138 Å². The molecule has 0 aromatic heterocycles. The molecule has 0 amide bonds. The summed E-state index contributed by atoms with van der Waals surface area (Å²) < 4.78 is 11.8. The maximum Gasteiger partial charge on any atom is 0.188 e. The van der Waals surface area contributed by atoms with Crippen molar-refractivity contribution >= 4 is 5.78 Å². The zero-order chi connectivity index (χ0) is 15.7. The Morgan fingerprint density at radius 3 is 2.78 bits per heavy atom. The second kappa shape index (κ2) is 4.80. The Hall–Kier alpha value is -0.930. The van der Waals surface area contributed by atoms with Crippen LogP contribution >= 0.6 is 0 Å². The minimum Gasteiger partial charge on any atom is -0.344 e. The van der Waals surface area contributed by atoms with E-state index in [9.17, 15) is 4.79 Å². The minimum absolute atomic E-state index is 0.0414. The van der Waals surface area contributed by atoms with E-state index >= 15 is 0 Å². The fourth-order valence-electron chi connectivity index (χ4n) is 6.25. The Kier molecular flexibility index (Phi) is 3.01. The van der Waals surface area contributed by atoms with Crippen LogP contribution in [0.25, 0.3) is 0 Å². The standard InChI is InChI=1S/C20H26O3/c1-19-8-6-15-14-7-9-20(22-10-11-23-20)12-13(14)2-3-16(15)17(19)4-5-18(19)21/h2-3,12,14-17H,4-11H2,1H3/t14-,15+,16+,17-,19-/m0/s1. The molecule has 23 heavy (non-hydrogen) atoms. The number of hydrogen-bond acceptors (Lipinski definition) is 3. The summed E-state index contributed by atoms with van der Waals surface area (Å²) in [5.41, 5.74) is 1.38. The van der Waals surface area contributed by atoms with Crippen molar-refractivity contribution in [1.82, 2.24) is 0 Å². The van der Waals surface area contributed by atoms with Gasteiger partial charge in [-0.3, -0.25) is 4.79 Å². The van der Waals surface area contributed by atoms with Gasteiger partial charge in [0.25, 0.3) is 0 Å². The molecule has 3 heteroatoms. The minimum atomic E-state index is -0.435. The zero-order valence-electron chi connectivity index (χ0n) is 13.9. The maximum atomic E-state index is 12.4. The molecule has 124 valence electrons. The summed E-state index contributed by atoms with van der Waals surface area (Å²) in [4.78, 5) is 12.4. The molecule has 0 aromatic carbocycles. The molecule has 0 bridgehead atoms. The number of ketones is 1. The number of carbonyl (C=O) groups is 1. The van der Waals surface area contributed by atoms with Gasteiger partial charge in [-0.1, -0.05) is 19.1 Å². The van der Waals surface area contributed by atoms with Gasteiger partial charge in [-0.15, -0.1) is 0 Å². The van der Waals surface area contributed by atoms with Gasteiger partial charge in [0.05, 0.1) is 13.2 Å². The van der Waals surface area contributed by atoms with Crippen molar-refractivity contribution in [3.63, 3.8) is 0 Å². The lowest BCUT2D eigenvalue weighted by Gasteiger charge is -2.50. The first-order chi connectivity index (χ1) is 11.1. The topological polar surface area (TPSA) is 35.5 Å². The van der Waals surface area contributed by atoms with E-state index in [0.717, 1.165) is 32.1 Å².